The van der Waals surface area contributed by atoms with Crippen molar-refractivity contribution in [2.45, 2.75) is 6.54 Å². The topological polar surface area (TPSA) is 65.6 Å². The number of hydrogen-bond acceptors (Lipinski definition) is 3. The molecule has 1 aliphatic heterocycles. The summed E-state index contributed by atoms with van der Waals surface area (Å²) in [6.45, 7) is 1.87. The molecule has 1 aliphatic rings. The SMILES string of the molecule is CN(Cc1ccc[nH]1)CC1(C(=O)O)COC1. The number of nitrogens with one attached hydrogen (secondary N) is 1. The molecular weight excluding hydrogens is 208 g/mol. The second-order valence-electron chi connectivity index (χ2n) is 4.45. The molecule has 2 N–H and O–H groups in total. The zero-order valence-corrected chi connectivity index (χ0v) is 9.27. The van der Waals surface area contributed by atoms with Gasteiger partial charge in [0.05, 0.1) is 13.2 Å². The number of H-pyrrole nitrogens is 1. The molecule has 0 amide bonds. The van der Waals surface area contributed by atoms with E-state index in [4.69, 9.17) is 9.84 Å². The Labute approximate surface area is 94.0 Å². The van der Waals surface area contributed by atoms with E-state index in [2.05, 4.69) is 4.98 Å². The Kier molecular flexibility index (Phi) is 2.98. The van der Waals surface area contributed by atoms with Gasteiger partial charge in [0.1, 0.15) is 5.41 Å². The largest absolute Gasteiger partial charge is 0.481 e. The molecule has 0 unspecified atom stereocenters. The number of carboxylic acid groups (broad SMARTS) is 1. The number of nitrogens with zero attached hydrogens (tertiary/aromatic N) is 1. The van der Waals surface area contributed by atoms with Crippen molar-refractivity contribution in [1.82, 2.24) is 9.88 Å². The van der Waals surface area contributed by atoms with Crippen molar-refractivity contribution in [3.63, 3.8) is 0 Å². The minimum atomic E-state index is -0.767. The molecule has 1 saturated heterocycles. The Morgan fingerprint density at radius 1 is 1.69 bits per heavy atom. The highest BCUT2D eigenvalue weighted by Gasteiger charge is 2.46. The highest BCUT2D eigenvalue weighted by atomic mass is 16.5. The van der Waals surface area contributed by atoms with Crippen molar-refractivity contribution in [2.24, 2.45) is 5.41 Å². The highest BCUT2D eigenvalue weighted by Crippen LogP contribution is 2.28. The molecule has 0 spiro atoms. The second-order valence-corrected chi connectivity index (χ2v) is 4.45. The molecule has 0 aliphatic carbocycles. The number of carbonyl (C=O) groups is 1. The number of aliphatic carboxylic acids is 1. The number of aromatic amines is 1. The number of ether oxygens (including phenoxy) is 1. The number of aromatic nitrogens is 1. The van der Waals surface area contributed by atoms with Crippen LogP contribution in [-0.4, -0.2) is 47.8 Å². The smallest absolute Gasteiger partial charge is 0.315 e. The summed E-state index contributed by atoms with van der Waals surface area (Å²) < 4.78 is 5.02. The van der Waals surface area contributed by atoms with Crippen molar-refractivity contribution >= 4 is 5.97 Å². The first-order chi connectivity index (χ1) is 7.62. The van der Waals surface area contributed by atoms with Gasteiger partial charge in [0, 0.05) is 25.0 Å². The number of rotatable bonds is 5. The van der Waals surface area contributed by atoms with E-state index < -0.39 is 11.4 Å². The van der Waals surface area contributed by atoms with E-state index in [1.54, 1.807) is 0 Å². The normalized spacial score (nSPS) is 18.4. The van der Waals surface area contributed by atoms with Gasteiger partial charge in [0.25, 0.3) is 0 Å². The maximum atomic E-state index is 11.1. The predicted molar refractivity (Wildman–Crippen MR) is 58.0 cm³/mol. The van der Waals surface area contributed by atoms with Gasteiger partial charge in [-0.1, -0.05) is 0 Å². The molecule has 1 aromatic rings. The molecule has 5 heteroatoms. The molecular formula is C11H16N2O3. The maximum Gasteiger partial charge on any atom is 0.315 e. The molecule has 2 rings (SSSR count). The molecule has 1 fully saturated rings. The molecule has 0 aromatic carbocycles. The zero-order chi connectivity index (χ0) is 11.6. The van der Waals surface area contributed by atoms with Crippen LogP contribution in [0.4, 0.5) is 0 Å². The molecule has 2 heterocycles. The Morgan fingerprint density at radius 2 is 2.44 bits per heavy atom. The Hall–Kier alpha value is -1.33. The second kappa shape index (κ2) is 4.27. The van der Waals surface area contributed by atoms with Crippen LogP contribution in [0.2, 0.25) is 0 Å². The lowest BCUT2D eigenvalue weighted by Crippen LogP contribution is -2.55. The molecule has 0 radical (unpaired) electrons. The summed E-state index contributed by atoms with van der Waals surface area (Å²) in [6, 6.07) is 3.92. The van der Waals surface area contributed by atoms with Gasteiger partial charge in [-0.25, -0.2) is 0 Å². The molecule has 1 aromatic heterocycles. The van der Waals surface area contributed by atoms with E-state index in [-0.39, 0.29) is 0 Å². The van der Waals surface area contributed by atoms with Gasteiger partial charge in [0.2, 0.25) is 0 Å². The van der Waals surface area contributed by atoms with E-state index in [0.29, 0.717) is 19.8 Å². The monoisotopic (exact) mass is 224 g/mol. The van der Waals surface area contributed by atoms with Gasteiger partial charge in [0.15, 0.2) is 0 Å². The van der Waals surface area contributed by atoms with Crippen LogP contribution in [0.15, 0.2) is 18.3 Å². The van der Waals surface area contributed by atoms with E-state index >= 15 is 0 Å². The summed E-state index contributed by atoms with van der Waals surface area (Å²) in [5, 5.41) is 9.14. The van der Waals surface area contributed by atoms with Crippen molar-refractivity contribution < 1.29 is 14.6 Å². The van der Waals surface area contributed by atoms with Crippen LogP contribution in [0.5, 0.6) is 0 Å². The standard InChI is InChI=1S/C11H16N2O3/c1-13(5-9-3-2-4-12-9)6-11(10(14)15)7-16-8-11/h2-4,12H,5-8H2,1H3,(H,14,15). The van der Waals surface area contributed by atoms with Crippen LogP contribution in [0.25, 0.3) is 0 Å². The fourth-order valence-electron chi connectivity index (χ4n) is 1.96. The van der Waals surface area contributed by atoms with Gasteiger partial charge < -0.3 is 14.8 Å². The number of carboxylic acids is 1. The average Bonchev–Trinajstić information content (AvgIpc) is 2.63. The molecule has 0 saturated carbocycles. The van der Waals surface area contributed by atoms with Crippen LogP contribution < -0.4 is 0 Å². The lowest BCUT2D eigenvalue weighted by molar-refractivity contribution is -0.183. The van der Waals surface area contributed by atoms with E-state index in [0.717, 1.165) is 12.2 Å². The average molecular weight is 224 g/mol. The van der Waals surface area contributed by atoms with E-state index in [1.807, 2.05) is 30.3 Å². The van der Waals surface area contributed by atoms with Crippen LogP contribution >= 0.6 is 0 Å². The van der Waals surface area contributed by atoms with Crippen molar-refractivity contribution in [1.29, 1.82) is 0 Å². The summed E-state index contributed by atoms with van der Waals surface area (Å²) in [7, 11) is 1.92. The molecule has 5 nitrogen and oxygen atoms in total. The maximum absolute atomic E-state index is 11.1. The third-order valence-corrected chi connectivity index (χ3v) is 2.89. The highest BCUT2D eigenvalue weighted by molar-refractivity contribution is 5.76. The Morgan fingerprint density at radius 3 is 2.88 bits per heavy atom. The Bertz CT molecular complexity index is 357. The van der Waals surface area contributed by atoms with Gasteiger partial charge in [-0.15, -0.1) is 0 Å². The quantitative estimate of drug-likeness (QED) is 0.766. The van der Waals surface area contributed by atoms with E-state index in [1.165, 1.54) is 0 Å². The van der Waals surface area contributed by atoms with Crippen LogP contribution in [0, 0.1) is 5.41 Å². The molecule has 16 heavy (non-hydrogen) atoms. The summed E-state index contributed by atoms with van der Waals surface area (Å²) in [5.74, 6) is -0.767. The summed E-state index contributed by atoms with van der Waals surface area (Å²) in [5.41, 5.74) is 0.379. The fourth-order valence-corrected chi connectivity index (χ4v) is 1.96. The van der Waals surface area contributed by atoms with E-state index in [9.17, 15) is 4.79 Å². The zero-order valence-electron chi connectivity index (χ0n) is 9.27. The van der Waals surface area contributed by atoms with Gasteiger partial charge in [-0.2, -0.15) is 0 Å². The lowest BCUT2D eigenvalue weighted by atomic mass is 9.85. The van der Waals surface area contributed by atoms with Gasteiger partial charge in [-0.05, 0) is 19.2 Å². The first kappa shape index (κ1) is 11.2. The third kappa shape index (κ3) is 2.10. The predicted octanol–water partition coefficient (Wildman–Crippen LogP) is 0.548. The van der Waals surface area contributed by atoms with Crippen LogP contribution in [0.3, 0.4) is 0 Å². The summed E-state index contributed by atoms with van der Waals surface area (Å²) in [6.07, 6.45) is 1.86. The summed E-state index contributed by atoms with van der Waals surface area (Å²) in [4.78, 5) is 16.2. The van der Waals surface area contributed by atoms with Crippen molar-refractivity contribution in [2.75, 3.05) is 26.8 Å². The first-order valence-corrected chi connectivity index (χ1v) is 5.24. The van der Waals surface area contributed by atoms with Gasteiger partial charge in [-0.3, -0.25) is 9.69 Å². The lowest BCUT2D eigenvalue weighted by Gasteiger charge is -2.39. The van der Waals surface area contributed by atoms with Gasteiger partial charge >= 0.3 is 5.97 Å². The van der Waals surface area contributed by atoms with Crippen molar-refractivity contribution in [3.8, 4) is 0 Å². The molecule has 88 valence electrons. The van der Waals surface area contributed by atoms with Crippen LogP contribution in [-0.2, 0) is 16.1 Å². The molecule has 0 atom stereocenters. The summed E-state index contributed by atoms with van der Waals surface area (Å²) >= 11 is 0. The minimum Gasteiger partial charge on any atom is -0.481 e. The first-order valence-electron chi connectivity index (χ1n) is 5.24. The van der Waals surface area contributed by atoms with Crippen LogP contribution in [0.1, 0.15) is 5.69 Å². The molecule has 0 bridgehead atoms. The number of hydrogen-bond donors (Lipinski definition) is 2. The van der Waals surface area contributed by atoms with Crippen molar-refractivity contribution in [3.05, 3.63) is 24.0 Å². The Balaban J connectivity index is 1.91. The third-order valence-electron chi connectivity index (χ3n) is 2.89. The fraction of sp³-hybridized carbons (Fsp3) is 0.545. The minimum absolute atomic E-state index is 0.317.